The zero-order valence-corrected chi connectivity index (χ0v) is 13.2. The summed E-state index contributed by atoms with van der Waals surface area (Å²) in [6, 6.07) is 14.5. The molecule has 0 saturated carbocycles. The summed E-state index contributed by atoms with van der Waals surface area (Å²) in [5.74, 6) is 0.0987. The lowest BCUT2D eigenvalue weighted by Crippen LogP contribution is -2.23. The van der Waals surface area contributed by atoms with Gasteiger partial charge in [0.1, 0.15) is 0 Å². The fourth-order valence-corrected chi connectivity index (χ4v) is 2.04. The molecule has 7 heteroatoms. The first-order valence-electron chi connectivity index (χ1n) is 7.52. The van der Waals surface area contributed by atoms with Gasteiger partial charge in [0.25, 0.3) is 5.91 Å². The minimum absolute atomic E-state index is 0.268. The molecule has 2 heterocycles. The van der Waals surface area contributed by atoms with Crippen LogP contribution in [0.15, 0.2) is 61.1 Å². The molecule has 0 aliphatic rings. The summed E-state index contributed by atoms with van der Waals surface area (Å²) in [5.41, 5.74) is 2.47. The first kappa shape index (κ1) is 16.1. The molecule has 2 aromatic heterocycles. The number of carbonyl (C=O) groups is 1. The molecule has 0 atom stereocenters. The molecule has 1 amide bonds. The highest BCUT2D eigenvalue weighted by Crippen LogP contribution is 2.13. The molecular weight excluding hydrogens is 316 g/mol. The number of rotatable bonds is 5. The maximum Gasteiger partial charge on any atom is 0.254 e. The van der Waals surface area contributed by atoms with Crippen molar-refractivity contribution in [1.82, 2.24) is 20.3 Å². The minimum Gasteiger partial charge on any atom is -0.346 e. The molecule has 0 aliphatic carbocycles. The van der Waals surface area contributed by atoms with E-state index in [1.807, 2.05) is 18.2 Å². The number of hydrogen-bond acceptors (Lipinski definition) is 6. The van der Waals surface area contributed by atoms with Gasteiger partial charge in [0, 0.05) is 24.3 Å². The van der Waals surface area contributed by atoms with E-state index < -0.39 is 0 Å². The number of nitriles is 1. The van der Waals surface area contributed by atoms with Crippen LogP contribution in [-0.4, -0.2) is 20.9 Å². The Bertz CT molecular complexity index is 886. The van der Waals surface area contributed by atoms with Crippen LogP contribution in [0.1, 0.15) is 21.6 Å². The lowest BCUT2D eigenvalue weighted by atomic mass is 10.2. The molecule has 7 nitrogen and oxygen atoms in total. The molecule has 0 saturated heterocycles. The number of nitrogens with one attached hydrogen (secondary N) is 2. The predicted molar refractivity (Wildman–Crippen MR) is 91.9 cm³/mol. The average molecular weight is 330 g/mol. The van der Waals surface area contributed by atoms with Gasteiger partial charge in [-0.25, -0.2) is 9.97 Å². The molecule has 0 fully saturated rings. The van der Waals surface area contributed by atoms with E-state index in [-0.39, 0.29) is 5.91 Å². The normalized spacial score (nSPS) is 9.88. The van der Waals surface area contributed by atoms with E-state index in [1.54, 1.807) is 30.5 Å². The minimum atomic E-state index is -0.268. The monoisotopic (exact) mass is 330 g/mol. The summed E-state index contributed by atoms with van der Waals surface area (Å²) in [5, 5.41) is 14.6. The van der Waals surface area contributed by atoms with Crippen LogP contribution in [0.2, 0.25) is 0 Å². The van der Waals surface area contributed by atoms with Crippen molar-refractivity contribution in [3.63, 3.8) is 0 Å². The topological polar surface area (TPSA) is 104 Å². The van der Waals surface area contributed by atoms with E-state index in [1.165, 1.54) is 12.4 Å². The smallest absolute Gasteiger partial charge is 0.254 e. The van der Waals surface area contributed by atoms with Crippen LogP contribution >= 0.6 is 0 Å². The SMILES string of the molecule is N#Cc1ccc(Nc2ncc(C(=O)NCc3ccccn3)cn2)cc1. The molecule has 2 N–H and O–H groups in total. The van der Waals surface area contributed by atoms with Crippen molar-refractivity contribution in [1.29, 1.82) is 5.26 Å². The van der Waals surface area contributed by atoms with E-state index in [2.05, 4.69) is 31.7 Å². The molecule has 1 aromatic carbocycles. The van der Waals surface area contributed by atoms with Crippen molar-refractivity contribution in [2.45, 2.75) is 6.54 Å². The number of amides is 1. The Balaban J connectivity index is 1.59. The van der Waals surface area contributed by atoms with E-state index in [9.17, 15) is 4.79 Å². The summed E-state index contributed by atoms with van der Waals surface area (Å²) in [7, 11) is 0. The van der Waals surface area contributed by atoms with Crippen molar-refractivity contribution in [3.8, 4) is 6.07 Å². The van der Waals surface area contributed by atoms with Gasteiger partial charge in [-0.05, 0) is 36.4 Å². The quantitative estimate of drug-likeness (QED) is 0.744. The molecule has 122 valence electrons. The van der Waals surface area contributed by atoms with Gasteiger partial charge in [-0.2, -0.15) is 5.26 Å². The number of anilines is 2. The van der Waals surface area contributed by atoms with Crippen LogP contribution in [0.25, 0.3) is 0 Å². The molecule has 0 aliphatic heterocycles. The van der Waals surface area contributed by atoms with E-state index in [0.29, 0.717) is 23.6 Å². The number of benzene rings is 1. The van der Waals surface area contributed by atoms with Gasteiger partial charge in [0.05, 0.1) is 29.4 Å². The van der Waals surface area contributed by atoms with Crippen LogP contribution in [-0.2, 0) is 6.54 Å². The van der Waals surface area contributed by atoms with E-state index in [4.69, 9.17) is 5.26 Å². The molecular formula is C18H14N6O. The molecule has 25 heavy (non-hydrogen) atoms. The number of pyridine rings is 1. The Morgan fingerprint density at radius 3 is 2.44 bits per heavy atom. The summed E-state index contributed by atoms with van der Waals surface area (Å²) in [6.07, 6.45) is 4.58. The third-order valence-electron chi connectivity index (χ3n) is 3.34. The highest BCUT2D eigenvalue weighted by molar-refractivity contribution is 5.93. The van der Waals surface area contributed by atoms with Gasteiger partial charge in [-0.1, -0.05) is 6.07 Å². The van der Waals surface area contributed by atoms with E-state index >= 15 is 0 Å². The number of aromatic nitrogens is 3. The summed E-state index contributed by atoms with van der Waals surface area (Å²) >= 11 is 0. The number of carbonyl (C=O) groups excluding carboxylic acids is 1. The average Bonchev–Trinajstić information content (AvgIpc) is 2.68. The van der Waals surface area contributed by atoms with Crippen molar-refractivity contribution >= 4 is 17.5 Å². The van der Waals surface area contributed by atoms with Gasteiger partial charge in [-0.3, -0.25) is 9.78 Å². The Morgan fingerprint density at radius 1 is 1.04 bits per heavy atom. The standard InChI is InChI=1S/C18H14N6O/c19-9-13-4-6-15(7-5-13)24-18-22-10-14(11-23-18)17(25)21-12-16-3-1-2-8-20-16/h1-8,10-11H,12H2,(H,21,25)(H,22,23,24). The van der Waals surface area contributed by atoms with Crippen LogP contribution < -0.4 is 10.6 Å². The molecule has 0 radical (unpaired) electrons. The lowest BCUT2D eigenvalue weighted by molar-refractivity contribution is 0.0949. The van der Waals surface area contributed by atoms with Crippen LogP contribution in [0.4, 0.5) is 11.6 Å². The zero-order valence-electron chi connectivity index (χ0n) is 13.2. The summed E-state index contributed by atoms with van der Waals surface area (Å²) in [6.45, 7) is 0.338. The largest absolute Gasteiger partial charge is 0.346 e. The van der Waals surface area contributed by atoms with E-state index in [0.717, 1.165) is 11.4 Å². The van der Waals surface area contributed by atoms with Gasteiger partial charge < -0.3 is 10.6 Å². The van der Waals surface area contributed by atoms with Crippen LogP contribution in [0, 0.1) is 11.3 Å². The van der Waals surface area contributed by atoms with Crippen molar-refractivity contribution in [2.75, 3.05) is 5.32 Å². The lowest BCUT2D eigenvalue weighted by Gasteiger charge is -2.06. The second-order valence-corrected chi connectivity index (χ2v) is 5.11. The first-order valence-corrected chi connectivity index (χ1v) is 7.52. The Labute approximate surface area is 144 Å². The molecule has 0 unspecified atom stereocenters. The van der Waals surface area contributed by atoms with Gasteiger partial charge >= 0.3 is 0 Å². The van der Waals surface area contributed by atoms with Crippen molar-refractivity contribution < 1.29 is 4.79 Å². The molecule has 3 aromatic rings. The van der Waals surface area contributed by atoms with Gasteiger partial charge in [-0.15, -0.1) is 0 Å². The predicted octanol–water partition coefficient (Wildman–Crippen LogP) is 2.42. The van der Waals surface area contributed by atoms with Crippen molar-refractivity contribution in [2.24, 2.45) is 0 Å². The highest BCUT2D eigenvalue weighted by Gasteiger charge is 2.07. The van der Waals surface area contributed by atoms with Gasteiger partial charge in [0.15, 0.2) is 0 Å². The third kappa shape index (κ3) is 4.36. The molecule has 0 spiro atoms. The number of nitrogens with zero attached hydrogens (tertiary/aromatic N) is 4. The first-order chi connectivity index (χ1) is 12.2. The van der Waals surface area contributed by atoms with Gasteiger partial charge in [0.2, 0.25) is 5.95 Å². The second kappa shape index (κ2) is 7.66. The Morgan fingerprint density at radius 2 is 1.80 bits per heavy atom. The Kier molecular flexibility index (Phi) is 4.93. The summed E-state index contributed by atoms with van der Waals surface area (Å²) < 4.78 is 0. The number of hydrogen-bond donors (Lipinski definition) is 2. The van der Waals surface area contributed by atoms with Crippen molar-refractivity contribution in [3.05, 3.63) is 77.9 Å². The fraction of sp³-hybridized carbons (Fsp3) is 0.0556. The van der Waals surface area contributed by atoms with Crippen LogP contribution in [0.5, 0.6) is 0 Å². The zero-order chi connectivity index (χ0) is 17.5. The van der Waals surface area contributed by atoms with Crippen LogP contribution in [0.3, 0.4) is 0 Å². The maximum absolute atomic E-state index is 12.1. The highest BCUT2D eigenvalue weighted by atomic mass is 16.1. The molecule has 0 bridgehead atoms. The summed E-state index contributed by atoms with van der Waals surface area (Å²) in [4.78, 5) is 24.5. The molecule has 3 rings (SSSR count). The fourth-order valence-electron chi connectivity index (χ4n) is 2.04. The third-order valence-corrected chi connectivity index (χ3v) is 3.34. The second-order valence-electron chi connectivity index (χ2n) is 5.11. The Hall–Kier alpha value is -3.79. The maximum atomic E-state index is 12.1.